The number of nitrogens with zero attached hydrogens (tertiary/aromatic N) is 3. The largest absolute Gasteiger partial charge is 0.370 e. The van der Waals surface area contributed by atoms with Crippen molar-refractivity contribution in [3.05, 3.63) is 40.0 Å². The molecule has 0 bridgehead atoms. The van der Waals surface area contributed by atoms with Gasteiger partial charge in [-0.15, -0.1) is 0 Å². The maximum atomic E-state index is 6.01. The van der Waals surface area contributed by atoms with E-state index < -0.39 is 0 Å². The van der Waals surface area contributed by atoms with Crippen LogP contribution in [0.15, 0.2) is 24.3 Å². The van der Waals surface area contributed by atoms with Crippen LogP contribution in [-0.4, -0.2) is 42.1 Å². The fourth-order valence-electron chi connectivity index (χ4n) is 2.08. The molecule has 0 saturated carbocycles. The highest BCUT2D eigenvalue weighted by Gasteiger charge is 2.04. The molecule has 1 aromatic carbocycles. The SMILES string of the molecule is Cc1cc(NCCCN(C)C)nc(Nc2cc(Cl)cc(Cl)c2)n1. The van der Waals surface area contributed by atoms with Gasteiger partial charge in [0, 0.05) is 34.0 Å². The summed E-state index contributed by atoms with van der Waals surface area (Å²) >= 11 is 12.0. The molecule has 0 radical (unpaired) electrons. The lowest BCUT2D eigenvalue weighted by Gasteiger charge is -2.12. The molecular weight excluding hydrogens is 333 g/mol. The van der Waals surface area contributed by atoms with Crippen LogP contribution in [0.2, 0.25) is 10.0 Å². The molecule has 23 heavy (non-hydrogen) atoms. The molecule has 124 valence electrons. The van der Waals surface area contributed by atoms with Gasteiger partial charge in [-0.3, -0.25) is 0 Å². The van der Waals surface area contributed by atoms with E-state index in [4.69, 9.17) is 23.2 Å². The second kappa shape index (κ2) is 8.34. The minimum absolute atomic E-state index is 0.512. The van der Waals surface area contributed by atoms with Gasteiger partial charge in [-0.1, -0.05) is 23.2 Å². The molecule has 0 amide bonds. The number of aryl methyl sites for hydroxylation is 1. The number of rotatable bonds is 7. The molecule has 0 atom stereocenters. The smallest absolute Gasteiger partial charge is 0.229 e. The third-order valence-corrected chi connectivity index (χ3v) is 3.50. The van der Waals surface area contributed by atoms with Crippen molar-refractivity contribution < 1.29 is 0 Å². The Balaban J connectivity index is 2.04. The molecule has 0 aliphatic carbocycles. The topological polar surface area (TPSA) is 53.1 Å². The Bertz CT molecular complexity index is 641. The summed E-state index contributed by atoms with van der Waals surface area (Å²) in [5.74, 6) is 1.31. The molecule has 1 heterocycles. The normalized spacial score (nSPS) is 10.9. The second-order valence-electron chi connectivity index (χ2n) is 5.58. The van der Waals surface area contributed by atoms with Gasteiger partial charge >= 0.3 is 0 Å². The van der Waals surface area contributed by atoms with Crippen LogP contribution < -0.4 is 10.6 Å². The summed E-state index contributed by atoms with van der Waals surface area (Å²) in [4.78, 5) is 11.0. The Hall–Kier alpha value is -1.56. The van der Waals surface area contributed by atoms with Gasteiger partial charge in [-0.05, 0) is 52.2 Å². The van der Waals surface area contributed by atoms with Gasteiger partial charge in [0.15, 0.2) is 0 Å². The molecule has 0 aliphatic rings. The second-order valence-corrected chi connectivity index (χ2v) is 6.46. The van der Waals surface area contributed by atoms with E-state index in [1.807, 2.05) is 13.0 Å². The number of hydrogen-bond donors (Lipinski definition) is 2. The first-order chi connectivity index (χ1) is 10.9. The minimum atomic E-state index is 0.512. The summed E-state index contributed by atoms with van der Waals surface area (Å²) in [5.41, 5.74) is 1.64. The van der Waals surface area contributed by atoms with Gasteiger partial charge in [0.25, 0.3) is 0 Å². The van der Waals surface area contributed by atoms with E-state index in [9.17, 15) is 0 Å². The monoisotopic (exact) mass is 353 g/mol. The van der Waals surface area contributed by atoms with Crippen LogP contribution in [0.1, 0.15) is 12.1 Å². The fraction of sp³-hybridized carbons (Fsp3) is 0.375. The van der Waals surface area contributed by atoms with Gasteiger partial charge in [-0.2, -0.15) is 4.98 Å². The summed E-state index contributed by atoms with van der Waals surface area (Å²) in [6.45, 7) is 3.82. The van der Waals surface area contributed by atoms with Crippen molar-refractivity contribution in [3.63, 3.8) is 0 Å². The average Bonchev–Trinajstić information content (AvgIpc) is 2.41. The lowest BCUT2D eigenvalue weighted by atomic mass is 10.3. The minimum Gasteiger partial charge on any atom is -0.370 e. The maximum absolute atomic E-state index is 6.01. The van der Waals surface area contributed by atoms with E-state index in [2.05, 4.69) is 39.6 Å². The van der Waals surface area contributed by atoms with Gasteiger partial charge < -0.3 is 15.5 Å². The van der Waals surface area contributed by atoms with E-state index in [1.165, 1.54) is 0 Å². The summed E-state index contributed by atoms with van der Waals surface area (Å²) in [7, 11) is 4.12. The summed E-state index contributed by atoms with van der Waals surface area (Å²) in [6, 6.07) is 7.17. The highest BCUT2D eigenvalue weighted by atomic mass is 35.5. The van der Waals surface area contributed by atoms with Crippen LogP contribution in [-0.2, 0) is 0 Å². The van der Waals surface area contributed by atoms with Crippen molar-refractivity contribution in [1.82, 2.24) is 14.9 Å². The Morgan fingerprint density at radius 3 is 2.39 bits per heavy atom. The van der Waals surface area contributed by atoms with Gasteiger partial charge in [-0.25, -0.2) is 4.98 Å². The molecule has 0 aliphatic heterocycles. The number of hydrogen-bond acceptors (Lipinski definition) is 5. The van der Waals surface area contributed by atoms with E-state index in [0.717, 1.165) is 36.7 Å². The van der Waals surface area contributed by atoms with Gasteiger partial charge in [0.05, 0.1) is 0 Å². The summed E-state index contributed by atoms with van der Waals surface area (Å²) in [6.07, 6.45) is 1.04. The zero-order valence-electron chi connectivity index (χ0n) is 13.5. The first-order valence-corrected chi connectivity index (χ1v) is 8.15. The van der Waals surface area contributed by atoms with Gasteiger partial charge in [0.2, 0.25) is 5.95 Å². The molecule has 7 heteroatoms. The van der Waals surface area contributed by atoms with Crippen LogP contribution in [0.3, 0.4) is 0 Å². The van der Waals surface area contributed by atoms with Crippen LogP contribution in [0, 0.1) is 6.92 Å². The number of anilines is 3. The average molecular weight is 354 g/mol. The van der Waals surface area contributed by atoms with Crippen molar-refractivity contribution in [1.29, 1.82) is 0 Å². The van der Waals surface area contributed by atoms with Crippen LogP contribution in [0.25, 0.3) is 0 Å². The van der Waals surface area contributed by atoms with Crippen molar-refractivity contribution >= 4 is 40.7 Å². The molecule has 2 rings (SSSR count). The molecule has 5 nitrogen and oxygen atoms in total. The number of halogens is 2. The number of nitrogens with one attached hydrogen (secondary N) is 2. The van der Waals surface area contributed by atoms with Crippen LogP contribution >= 0.6 is 23.2 Å². The lowest BCUT2D eigenvalue weighted by Crippen LogP contribution is -2.16. The molecule has 2 N–H and O–H groups in total. The summed E-state index contributed by atoms with van der Waals surface area (Å²) < 4.78 is 0. The Morgan fingerprint density at radius 2 is 1.74 bits per heavy atom. The molecule has 0 fully saturated rings. The maximum Gasteiger partial charge on any atom is 0.229 e. The van der Waals surface area contributed by atoms with Crippen LogP contribution in [0.5, 0.6) is 0 Å². The first kappa shape index (κ1) is 17.8. The predicted octanol–water partition coefficient (Wildman–Crippen LogP) is 4.20. The third kappa shape index (κ3) is 6.22. The molecule has 0 spiro atoms. The number of benzene rings is 1. The Kier molecular flexibility index (Phi) is 6.45. The standard InChI is InChI=1S/C16H21Cl2N5/c1-11-7-15(19-5-4-6-23(2)3)22-16(20-11)21-14-9-12(17)8-13(18)10-14/h7-10H,4-6H2,1-3H3,(H2,19,20,21,22). The van der Waals surface area contributed by atoms with E-state index in [-0.39, 0.29) is 0 Å². The summed E-state index contributed by atoms with van der Waals surface area (Å²) in [5, 5.41) is 7.59. The molecular formula is C16H21Cl2N5. The highest BCUT2D eigenvalue weighted by Crippen LogP contribution is 2.24. The molecule has 0 unspecified atom stereocenters. The Labute approximate surface area is 147 Å². The van der Waals surface area contributed by atoms with E-state index in [0.29, 0.717) is 16.0 Å². The third-order valence-electron chi connectivity index (χ3n) is 3.06. The lowest BCUT2D eigenvalue weighted by molar-refractivity contribution is 0.405. The predicted molar refractivity (Wildman–Crippen MR) is 98.2 cm³/mol. The first-order valence-electron chi connectivity index (χ1n) is 7.40. The zero-order chi connectivity index (χ0) is 16.8. The Morgan fingerprint density at radius 1 is 1.04 bits per heavy atom. The van der Waals surface area contributed by atoms with Gasteiger partial charge in [0.1, 0.15) is 5.82 Å². The van der Waals surface area contributed by atoms with Crippen molar-refractivity contribution in [2.75, 3.05) is 37.8 Å². The molecule has 0 saturated heterocycles. The highest BCUT2D eigenvalue weighted by molar-refractivity contribution is 6.35. The van der Waals surface area contributed by atoms with Crippen molar-refractivity contribution in [3.8, 4) is 0 Å². The quantitative estimate of drug-likeness (QED) is 0.730. The van der Waals surface area contributed by atoms with Crippen molar-refractivity contribution in [2.45, 2.75) is 13.3 Å². The zero-order valence-corrected chi connectivity index (χ0v) is 15.0. The fourth-order valence-corrected chi connectivity index (χ4v) is 2.61. The molecule has 1 aromatic heterocycles. The van der Waals surface area contributed by atoms with Crippen molar-refractivity contribution in [2.24, 2.45) is 0 Å². The van der Waals surface area contributed by atoms with E-state index >= 15 is 0 Å². The molecule has 2 aromatic rings. The van der Waals surface area contributed by atoms with E-state index in [1.54, 1.807) is 18.2 Å². The van der Waals surface area contributed by atoms with Crippen LogP contribution in [0.4, 0.5) is 17.5 Å². The number of aromatic nitrogens is 2.